The Labute approximate surface area is 144 Å². The van der Waals surface area contributed by atoms with Gasteiger partial charge in [0.15, 0.2) is 5.76 Å². The van der Waals surface area contributed by atoms with Gasteiger partial charge >= 0.3 is 6.03 Å². The molecule has 1 saturated heterocycles. The molecular formula is C17H19N3O3S. The summed E-state index contributed by atoms with van der Waals surface area (Å²) in [6, 6.07) is 8.59. The fraction of sp³-hybridized carbons (Fsp3) is 0.294. The lowest BCUT2D eigenvalue weighted by molar-refractivity contribution is 0.0996. The average Bonchev–Trinajstić information content (AvgIpc) is 3.13. The van der Waals surface area contributed by atoms with Crippen LogP contribution in [-0.4, -0.2) is 41.4 Å². The Morgan fingerprint density at radius 1 is 1.17 bits per heavy atom. The number of carbonyl (C=O) groups is 2. The number of thioether (sulfide) groups is 1. The largest absolute Gasteiger partial charge is 0.459 e. The van der Waals surface area contributed by atoms with Crippen molar-refractivity contribution in [3.63, 3.8) is 0 Å². The lowest BCUT2D eigenvalue weighted by atomic mass is 10.1. The van der Waals surface area contributed by atoms with E-state index in [9.17, 15) is 9.59 Å². The molecule has 0 aliphatic carbocycles. The first kappa shape index (κ1) is 16.4. The fourth-order valence-electron chi connectivity index (χ4n) is 2.44. The quantitative estimate of drug-likeness (QED) is 0.894. The number of nitrogens with one attached hydrogen (secondary N) is 2. The van der Waals surface area contributed by atoms with E-state index in [1.54, 1.807) is 24.3 Å². The Morgan fingerprint density at radius 3 is 2.62 bits per heavy atom. The minimum atomic E-state index is -0.300. The SMILES string of the molecule is Cc1cc(NC(=O)N2CCSCC2)ccc1NC(=O)c1ccco1. The van der Waals surface area contributed by atoms with Gasteiger partial charge < -0.3 is 20.0 Å². The molecule has 1 aliphatic heterocycles. The standard InChI is InChI=1S/C17H19N3O3S/c1-12-11-13(18-17(22)20-6-9-24-10-7-20)4-5-14(12)19-16(21)15-3-2-8-23-15/h2-5,8,11H,6-7,9-10H2,1H3,(H,18,22)(H,19,21). The summed E-state index contributed by atoms with van der Waals surface area (Å²) in [6.07, 6.45) is 1.46. The smallest absolute Gasteiger partial charge is 0.321 e. The van der Waals surface area contributed by atoms with Crippen LogP contribution in [0.4, 0.5) is 16.2 Å². The van der Waals surface area contributed by atoms with Crippen molar-refractivity contribution in [2.75, 3.05) is 35.2 Å². The summed E-state index contributed by atoms with van der Waals surface area (Å²) in [4.78, 5) is 26.1. The van der Waals surface area contributed by atoms with Gasteiger partial charge in [-0.15, -0.1) is 0 Å². The van der Waals surface area contributed by atoms with Gasteiger partial charge in [0.05, 0.1) is 6.26 Å². The first-order valence-corrected chi connectivity index (χ1v) is 8.88. The molecule has 2 aromatic rings. The summed E-state index contributed by atoms with van der Waals surface area (Å²) in [6.45, 7) is 3.42. The lowest BCUT2D eigenvalue weighted by Gasteiger charge is -2.26. The number of hydrogen-bond acceptors (Lipinski definition) is 4. The Bertz CT molecular complexity index is 725. The van der Waals surface area contributed by atoms with E-state index in [0.717, 1.165) is 30.2 Å². The van der Waals surface area contributed by atoms with Crippen LogP contribution in [0.2, 0.25) is 0 Å². The first-order valence-electron chi connectivity index (χ1n) is 7.72. The molecule has 7 heteroatoms. The van der Waals surface area contributed by atoms with Crippen LogP contribution in [-0.2, 0) is 0 Å². The van der Waals surface area contributed by atoms with Crippen LogP contribution in [0.1, 0.15) is 16.1 Å². The summed E-state index contributed by atoms with van der Waals surface area (Å²) < 4.78 is 5.07. The van der Waals surface area contributed by atoms with Gasteiger partial charge in [0.1, 0.15) is 0 Å². The minimum Gasteiger partial charge on any atom is -0.459 e. The van der Waals surface area contributed by atoms with E-state index in [2.05, 4.69) is 10.6 Å². The van der Waals surface area contributed by atoms with E-state index < -0.39 is 0 Å². The predicted octanol–water partition coefficient (Wildman–Crippen LogP) is 3.42. The normalized spacial score (nSPS) is 14.3. The Balaban J connectivity index is 1.63. The molecule has 1 aliphatic rings. The molecule has 2 N–H and O–H groups in total. The molecule has 0 radical (unpaired) electrons. The highest BCUT2D eigenvalue weighted by molar-refractivity contribution is 7.99. The Morgan fingerprint density at radius 2 is 1.96 bits per heavy atom. The van der Waals surface area contributed by atoms with E-state index in [1.807, 2.05) is 29.7 Å². The van der Waals surface area contributed by atoms with Crippen molar-refractivity contribution in [1.29, 1.82) is 0 Å². The van der Waals surface area contributed by atoms with Gasteiger partial charge in [-0.3, -0.25) is 4.79 Å². The molecule has 3 rings (SSSR count). The first-order chi connectivity index (χ1) is 11.6. The van der Waals surface area contributed by atoms with Crippen LogP contribution in [0.3, 0.4) is 0 Å². The second-order valence-electron chi connectivity index (χ2n) is 5.49. The zero-order valence-electron chi connectivity index (χ0n) is 13.4. The molecule has 3 amide bonds. The van der Waals surface area contributed by atoms with Crippen molar-refractivity contribution in [2.45, 2.75) is 6.92 Å². The summed E-state index contributed by atoms with van der Waals surface area (Å²) in [7, 11) is 0. The number of hydrogen-bond donors (Lipinski definition) is 2. The zero-order valence-corrected chi connectivity index (χ0v) is 14.2. The number of anilines is 2. The van der Waals surface area contributed by atoms with Crippen LogP contribution in [0.5, 0.6) is 0 Å². The van der Waals surface area contributed by atoms with Crippen LogP contribution in [0.15, 0.2) is 41.0 Å². The van der Waals surface area contributed by atoms with Gasteiger partial charge in [-0.1, -0.05) is 0 Å². The summed E-state index contributed by atoms with van der Waals surface area (Å²) >= 11 is 1.86. The molecule has 24 heavy (non-hydrogen) atoms. The van der Waals surface area contributed by atoms with Crippen molar-refractivity contribution < 1.29 is 14.0 Å². The number of furan rings is 1. The van der Waals surface area contributed by atoms with E-state index in [0.29, 0.717) is 11.4 Å². The fourth-order valence-corrected chi connectivity index (χ4v) is 3.35. The maximum atomic E-state index is 12.2. The maximum Gasteiger partial charge on any atom is 0.321 e. The molecule has 126 valence electrons. The van der Waals surface area contributed by atoms with E-state index in [1.165, 1.54) is 6.26 Å². The molecule has 0 unspecified atom stereocenters. The number of urea groups is 1. The van der Waals surface area contributed by atoms with Crippen LogP contribution >= 0.6 is 11.8 Å². The molecule has 1 aromatic heterocycles. The molecule has 0 spiro atoms. The number of benzene rings is 1. The lowest BCUT2D eigenvalue weighted by Crippen LogP contribution is -2.40. The molecule has 1 aromatic carbocycles. The van der Waals surface area contributed by atoms with E-state index >= 15 is 0 Å². The minimum absolute atomic E-state index is 0.0814. The van der Waals surface area contributed by atoms with Crippen LogP contribution < -0.4 is 10.6 Å². The number of carbonyl (C=O) groups excluding carboxylic acids is 2. The van der Waals surface area contributed by atoms with Crippen molar-refractivity contribution in [3.05, 3.63) is 47.9 Å². The topological polar surface area (TPSA) is 74.6 Å². The van der Waals surface area contributed by atoms with E-state index in [4.69, 9.17) is 4.42 Å². The van der Waals surface area contributed by atoms with Gasteiger partial charge in [0.25, 0.3) is 5.91 Å². The van der Waals surface area contributed by atoms with Gasteiger partial charge in [-0.25, -0.2) is 4.79 Å². The number of nitrogens with zero attached hydrogens (tertiary/aromatic N) is 1. The zero-order chi connectivity index (χ0) is 16.9. The van der Waals surface area contributed by atoms with E-state index in [-0.39, 0.29) is 17.7 Å². The predicted molar refractivity (Wildman–Crippen MR) is 95.8 cm³/mol. The van der Waals surface area contributed by atoms with Crippen molar-refractivity contribution in [3.8, 4) is 0 Å². The molecular weight excluding hydrogens is 326 g/mol. The average molecular weight is 345 g/mol. The number of aryl methyl sites for hydroxylation is 1. The molecule has 0 atom stereocenters. The number of rotatable bonds is 3. The second kappa shape index (κ2) is 7.44. The molecule has 1 fully saturated rings. The highest BCUT2D eigenvalue weighted by Crippen LogP contribution is 2.21. The van der Waals surface area contributed by atoms with Gasteiger partial charge in [0.2, 0.25) is 0 Å². The van der Waals surface area contributed by atoms with Gasteiger partial charge in [-0.2, -0.15) is 11.8 Å². The molecule has 2 heterocycles. The van der Waals surface area contributed by atoms with Crippen molar-refractivity contribution >= 4 is 35.1 Å². The van der Waals surface area contributed by atoms with Crippen LogP contribution in [0.25, 0.3) is 0 Å². The monoisotopic (exact) mass is 345 g/mol. The third-order valence-corrected chi connectivity index (χ3v) is 4.71. The Kier molecular flexibility index (Phi) is 5.10. The Hall–Kier alpha value is -2.41. The van der Waals surface area contributed by atoms with Gasteiger partial charge in [-0.05, 0) is 42.8 Å². The van der Waals surface area contributed by atoms with Gasteiger partial charge in [0, 0.05) is 36.0 Å². The third-order valence-electron chi connectivity index (χ3n) is 3.77. The second-order valence-corrected chi connectivity index (χ2v) is 6.72. The molecule has 0 saturated carbocycles. The van der Waals surface area contributed by atoms with Crippen molar-refractivity contribution in [1.82, 2.24) is 4.90 Å². The van der Waals surface area contributed by atoms with Crippen LogP contribution in [0, 0.1) is 6.92 Å². The third kappa shape index (κ3) is 3.91. The highest BCUT2D eigenvalue weighted by atomic mass is 32.2. The molecule has 6 nitrogen and oxygen atoms in total. The summed E-state index contributed by atoms with van der Waals surface area (Å²) in [5.41, 5.74) is 2.26. The maximum absolute atomic E-state index is 12.2. The summed E-state index contributed by atoms with van der Waals surface area (Å²) in [5.74, 6) is 1.91. The molecule has 0 bridgehead atoms. The highest BCUT2D eigenvalue weighted by Gasteiger charge is 2.17. The number of amides is 3. The summed E-state index contributed by atoms with van der Waals surface area (Å²) in [5, 5.41) is 5.71. The van der Waals surface area contributed by atoms with Crippen molar-refractivity contribution in [2.24, 2.45) is 0 Å².